The number of aromatic amines is 1. The van der Waals surface area contributed by atoms with Crippen molar-refractivity contribution in [1.82, 2.24) is 18.9 Å². The zero-order valence-electron chi connectivity index (χ0n) is 19.4. The van der Waals surface area contributed by atoms with Crippen molar-refractivity contribution in [2.24, 2.45) is 0 Å². The van der Waals surface area contributed by atoms with E-state index in [-0.39, 0.29) is 44.8 Å². The van der Waals surface area contributed by atoms with Crippen LogP contribution in [0.25, 0.3) is 44.9 Å². The number of fused-ring (bicyclic) bond motifs is 1. The predicted octanol–water partition coefficient (Wildman–Crippen LogP) is 6.00. The summed E-state index contributed by atoms with van der Waals surface area (Å²) in [5.74, 6) is -2.54. The minimum atomic E-state index is -3.88. The molecule has 0 fully saturated rings. The van der Waals surface area contributed by atoms with Gasteiger partial charge in [0.25, 0.3) is 0 Å². The van der Waals surface area contributed by atoms with Crippen LogP contribution in [0.15, 0.2) is 54.6 Å². The molecular weight excluding hydrogens is 527 g/mol. The van der Waals surface area contributed by atoms with Crippen LogP contribution >= 0.6 is 11.6 Å². The first-order valence-electron chi connectivity index (χ1n) is 11.0. The number of hydrogen-bond acceptors (Lipinski definition) is 5. The minimum Gasteiger partial charge on any atom is -0.368 e. The number of rotatable bonds is 5. The molecule has 5 rings (SSSR count). The van der Waals surface area contributed by atoms with Gasteiger partial charge >= 0.3 is 0 Å². The van der Waals surface area contributed by atoms with Gasteiger partial charge in [-0.1, -0.05) is 23.7 Å². The zero-order valence-corrected chi connectivity index (χ0v) is 21.0. The molecule has 5 aromatic rings. The lowest BCUT2D eigenvalue weighted by molar-refractivity contribution is 0.580. The fourth-order valence-electron chi connectivity index (χ4n) is 4.01. The fraction of sp³-hybridized carbons (Fsp3) is 0.120. The summed E-state index contributed by atoms with van der Waals surface area (Å²) < 4.78 is 70.2. The summed E-state index contributed by atoms with van der Waals surface area (Å²) in [5, 5.41) is -0.726. The summed E-state index contributed by atoms with van der Waals surface area (Å²) in [6.07, 6.45) is 0. The molecule has 2 aromatic heterocycles. The normalized spacial score (nSPS) is 12.1. The summed E-state index contributed by atoms with van der Waals surface area (Å²) in [6.45, 7) is 3.02. The number of halogens is 4. The highest BCUT2D eigenvalue weighted by Crippen LogP contribution is 2.38. The molecule has 0 saturated carbocycles. The number of anilines is 1. The van der Waals surface area contributed by atoms with Crippen LogP contribution < -0.4 is 5.73 Å². The van der Waals surface area contributed by atoms with Crippen LogP contribution in [-0.2, 0) is 10.0 Å². The Morgan fingerprint density at radius 2 is 1.76 bits per heavy atom. The highest BCUT2D eigenvalue weighted by Gasteiger charge is 2.26. The number of nitrogens with one attached hydrogen (secondary N) is 1. The van der Waals surface area contributed by atoms with E-state index in [9.17, 15) is 21.6 Å². The van der Waals surface area contributed by atoms with E-state index in [1.807, 2.05) is 0 Å². The standard InChI is InChI=1S/C25H19ClF3N5O2S/c1-12(2)37(35,36)34-20-10-13(6-9-19(20)31-25(34)30)22-23(15-8-7-14(27)11-18(15)29)33-24(32-22)21-16(26)4-3-5-17(21)28/h3-12H,1-2H3,(H2,30,31)(H,32,33). The quantitative estimate of drug-likeness (QED) is 0.282. The van der Waals surface area contributed by atoms with Gasteiger partial charge in [-0.3, -0.25) is 0 Å². The first-order chi connectivity index (χ1) is 17.5. The molecule has 12 heteroatoms. The van der Waals surface area contributed by atoms with Gasteiger partial charge in [-0.05, 0) is 50.2 Å². The number of nitrogens with zero attached hydrogens (tertiary/aromatic N) is 3. The smallest absolute Gasteiger partial charge is 0.244 e. The van der Waals surface area contributed by atoms with Crippen molar-refractivity contribution >= 4 is 38.6 Å². The Bertz CT molecular complexity index is 1780. The first-order valence-corrected chi connectivity index (χ1v) is 12.9. The van der Waals surface area contributed by atoms with E-state index in [0.717, 1.165) is 10.0 Å². The van der Waals surface area contributed by atoms with Gasteiger partial charge in [0, 0.05) is 17.2 Å². The minimum absolute atomic E-state index is 0.000236. The highest BCUT2D eigenvalue weighted by molar-refractivity contribution is 7.90. The maximum absolute atomic E-state index is 14.9. The van der Waals surface area contributed by atoms with Crippen LogP contribution in [0.4, 0.5) is 19.1 Å². The molecule has 3 N–H and O–H groups in total. The molecule has 0 unspecified atom stereocenters. The molecule has 0 radical (unpaired) electrons. The lowest BCUT2D eigenvalue weighted by Gasteiger charge is -2.11. The number of nitrogen functional groups attached to an aromatic ring is 1. The maximum Gasteiger partial charge on any atom is 0.244 e. The van der Waals surface area contributed by atoms with Crippen LogP contribution in [-0.4, -0.2) is 32.6 Å². The number of hydrogen-bond donors (Lipinski definition) is 2. The molecule has 0 bridgehead atoms. The molecule has 0 amide bonds. The van der Waals surface area contributed by atoms with Gasteiger partial charge in [-0.15, -0.1) is 0 Å². The van der Waals surface area contributed by atoms with Crippen LogP contribution in [0.2, 0.25) is 5.02 Å². The second-order valence-electron chi connectivity index (χ2n) is 8.56. The van der Waals surface area contributed by atoms with E-state index < -0.39 is 32.7 Å². The molecule has 0 aliphatic rings. The third-order valence-electron chi connectivity index (χ3n) is 5.86. The molecule has 0 aliphatic heterocycles. The van der Waals surface area contributed by atoms with Gasteiger partial charge in [0.2, 0.25) is 16.0 Å². The van der Waals surface area contributed by atoms with Crippen molar-refractivity contribution in [2.75, 3.05) is 5.73 Å². The summed E-state index contributed by atoms with van der Waals surface area (Å²) in [4.78, 5) is 11.6. The van der Waals surface area contributed by atoms with Crippen LogP contribution in [0.1, 0.15) is 13.8 Å². The van der Waals surface area contributed by atoms with Crippen LogP contribution in [0.5, 0.6) is 0 Å². The van der Waals surface area contributed by atoms with E-state index >= 15 is 0 Å². The lowest BCUT2D eigenvalue weighted by atomic mass is 10.0. The Labute approximate surface area is 214 Å². The van der Waals surface area contributed by atoms with E-state index in [2.05, 4.69) is 15.0 Å². The maximum atomic E-state index is 14.9. The van der Waals surface area contributed by atoms with Gasteiger partial charge in [0.1, 0.15) is 23.3 Å². The Hall–Kier alpha value is -3.83. The van der Waals surface area contributed by atoms with Crippen LogP contribution in [0, 0.1) is 17.5 Å². The number of imidazole rings is 2. The summed E-state index contributed by atoms with van der Waals surface area (Å²) in [6, 6.07) is 11.7. The third-order valence-corrected chi connectivity index (χ3v) is 8.26. The third kappa shape index (κ3) is 4.13. The topological polar surface area (TPSA) is 107 Å². The first kappa shape index (κ1) is 24.8. The molecule has 0 atom stereocenters. The Morgan fingerprint density at radius 3 is 2.43 bits per heavy atom. The monoisotopic (exact) mass is 545 g/mol. The number of aromatic nitrogens is 4. The Balaban J connectivity index is 1.81. The number of H-pyrrole nitrogens is 1. The average molecular weight is 546 g/mol. The second kappa shape index (κ2) is 8.93. The Kier molecular flexibility index (Phi) is 5.99. The van der Waals surface area contributed by atoms with E-state index in [0.29, 0.717) is 17.1 Å². The van der Waals surface area contributed by atoms with Crippen LogP contribution in [0.3, 0.4) is 0 Å². The van der Waals surface area contributed by atoms with Gasteiger partial charge in [0.15, 0.2) is 0 Å². The molecule has 0 saturated heterocycles. The summed E-state index contributed by atoms with van der Waals surface area (Å²) in [5.41, 5.74) is 6.96. The molecular formula is C25H19ClF3N5O2S. The number of nitrogens with two attached hydrogens (primary N) is 1. The van der Waals surface area contributed by atoms with Gasteiger partial charge in [-0.2, -0.15) is 0 Å². The van der Waals surface area contributed by atoms with E-state index in [4.69, 9.17) is 17.3 Å². The number of benzene rings is 3. The molecule has 0 spiro atoms. The molecule has 0 aliphatic carbocycles. The van der Waals surface area contributed by atoms with E-state index in [1.165, 1.54) is 44.2 Å². The van der Waals surface area contributed by atoms with Gasteiger partial charge in [0.05, 0.1) is 38.3 Å². The predicted molar refractivity (Wildman–Crippen MR) is 137 cm³/mol. The van der Waals surface area contributed by atoms with Gasteiger partial charge < -0.3 is 10.7 Å². The highest BCUT2D eigenvalue weighted by atomic mass is 35.5. The SMILES string of the molecule is CC(C)S(=O)(=O)n1c(N)nc2ccc(-c3nc(-c4c(F)cccc4Cl)[nH]c3-c3ccc(F)cc3F)cc21. The Morgan fingerprint density at radius 1 is 1.00 bits per heavy atom. The fourth-order valence-corrected chi connectivity index (χ4v) is 5.41. The lowest BCUT2D eigenvalue weighted by Crippen LogP contribution is -2.23. The van der Waals surface area contributed by atoms with Crippen molar-refractivity contribution in [3.8, 4) is 33.9 Å². The van der Waals surface area contributed by atoms with Gasteiger partial charge in [-0.25, -0.2) is 35.5 Å². The average Bonchev–Trinajstić information content (AvgIpc) is 3.39. The summed E-state index contributed by atoms with van der Waals surface area (Å²) in [7, 11) is -3.88. The zero-order chi connectivity index (χ0) is 26.6. The van der Waals surface area contributed by atoms with Crippen molar-refractivity contribution in [3.05, 3.63) is 77.1 Å². The second-order valence-corrected chi connectivity index (χ2v) is 11.3. The molecule has 3 aromatic carbocycles. The summed E-state index contributed by atoms with van der Waals surface area (Å²) >= 11 is 6.24. The molecule has 7 nitrogen and oxygen atoms in total. The molecule has 2 heterocycles. The van der Waals surface area contributed by atoms with E-state index in [1.54, 1.807) is 12.1 Å². The van der Waals surface area contributed by atoms with Crippen molar-refractivity contribution in [2.45, 2.75) is 19.1 Å². The van der Waals surface area contributed by atoms with Crippen molar-refractivity contribution in [1.29, 1.82) is 0 Å². The van der Waals surface area contributed by atoms with Crippen molar-refractivity contribution in [3.63, 3.8) is 0 Å². The molecule has 37 heavy (non-hydrogen) atoms. The largest absolute Gasteiger partial charge is 0.368 e. The molecule has 190 valence electrons. The van der Waals surface area contributed by atoms with Crippen molar-refractivity contribution < 1.29 is 21.6 Å².